The van der Waals surface area contributed by atoms with Crippen LogP contribution in [0.15, 0.2) is 22.5 Å². The van der Waals surface area contributed by atoms with Gasteiger partial charge in [-0.3, -0.25) is 14.8 Å². The van der Waals surface area contributed by atoms with Crippen LogP contribution in [0.3, 0.4) is 0 Å². The Kier molecular flexibility index (Phi) is 5.24. The van der Waals surface area contributed by atoms with E-state index in [0.29, 0.717) is 6.04 Å². The summed E-state index contributed by atoms with van der Waals surface area (Å²) >= 11 is 1.82. The summed E-state index contributed by atoms with van der Waals surface area (Å²) < 4.78 is 0. The van der Waals surface area contributed by atoms with E-state index in [1.54, 1.807) is 0 Å². The molecule has 2 N–H and O–H groups in total. The SMILES string of the molecule is CN=C(NCC1CN2CCN1CC2)NCC(C)(C)c1cccs1. The van der Waals surface area contributed by atoms with E-state index >= 15 is 0 Å². The van der Waals surface area contributed by atoms with Crippen LogP contribution in [0.5, 0.6) is 0 Å². The number of nitrogens with one attached hydrogen (secondary N) is 2. The Morgan fingerprint density at radius 1 is 1.30 bits per heavy atom. The average molecular weight is 336 g/mol. The summed E-state index contributed by atoms with van der Waals surface area (Å²) in [5, 5.41) is 9.16. The monoisotopic (exact) mass is 335 g/mol. The van der Waals surface area contributed by atoms with E-state index in [2.05, 4.69) is 56.8 Å². The largest absolute Gasteiger partial charge is 0.356 e. The minimum absolute atomic E-state index is 0.116. The van der Waals surface area contributed by atoms with Crippen LogP contribution in [0.2, 0.25) is 0 Å². The highest BCUT2D eigenvalue weighted by Crippen LogP contribution is 2.26. The third-order valence-electron chi connectivity index (χ3n) is 5.01. The van der Waals surface area contributed by atoms with E-state index in [1.807, 2.05) is 18.4 Å². The number of piperazine rings is 3. The van der Waals surface area contributed by atoms with E-state index in [1.165, 1.54) is 37.6 Å². The second-order valence-corrected chi connectivity index (χ2v) is 8.11. The van der Waals surface area contributed by atoms with E-state index in [0.717, 1.165) is 19.0 Å². The third kappa shape index (κ3) is 4.05. The lowest BCUT2D eigenvalue weighted by molar-refractivity contribution is 0.0154. The van der Waals surface area contributed by atoms with E-state index < -0.39 is 0 Å². The van der Waals surface area contributed by atoms with Crippen molar-refractivity contribution in [3.63, 3.8) is 0 Å². The van der Waals surface area contributed by atoms with Gasteiger partial charge in [0, 0.05) is 69.2 Å². The quantitative estimate of drug-likeness (QED) is 0.627. The first-order chi connectivity index (χ1) is 11.1. The second-order valence-electron chi connectivity index (χ2n) is 7.16. The molecule has 1 atom stereocenters. The molecular formula is C17H29N5S. The Hall–Kier alpha value is -1.11. The molecule has 128 valence electrons. The molecule has 6 heteroatoms. The molecule has 0 saturated carbocycles. The van der Waals surface area contributed by atoms with Gasteiger partial charge >= 0.3 is 0 Å². The van der Waals surface area contributed by atoms with Crippen LogP contribution in [-0.2, 0) is 5.41 Å². The fourth-order valence-electron chi connectivity index (χ4n) is 3.41. The molecule has 1 unspecified atom stereocenters. The van der Waals surface area contributed by atoms with E-state index in [9.17, 15) is 0 Å². The zero-order chi connectivity index (χ0) is 16.3. The van der Waals surface area contributed by atoms with Crippen molar-refractivity contribution >= 4 is 17.3 Å². The maximum Gasteiger partial charge on any atom is 0.191 e. The highest BCUT2D eigenvalue weighted by Gasteiger charge is 2.31. The molecule has 1 aromatic heterocycles. The number of hydrogen-bond donors (Lipinski definition) is 2. The summed E-state index contributed by atoms with van der Waals surface area (Å²) in [6.45, 7) is 12.5. The van der Waals surface area contributed by atoms with Crippen molar-refractivity contribution in [2.45, 2.75) is 25.3 Å². The molecule has 3 saturated heterocycles. The Morgan fingerprint density at radius 2 is 2.09 bits per heavy atom. The number of aliphatic imine (C=N–C) groups is 1. The van der Waals surface area contributed by atoms with Gasteiger partial charge in [-0.1, -0.05) is 19.9 Å². The first-order valence-corrected chi connectivity index (χ1v) is 9.41. The summed E-state index contributed by atoms with van der Waals surface area (Å²) in [5.74, 6) is 0.910. The van der Waals surface area contributed by atoms with Gasteiger partial charge in [-0.25, -0.2) is 0 Å². The number of rotatable bonds is 5. The second kappa shape index (κ2) is 7.20. The number of guanidine groups is 1. The molecule has 3 fully saturated rings. The van der Waals surface area contributed by atoms with Gasteiger partial charge in [0.15, 0.2) is 5.96 Å². The predicted octanol–water partition coefficient (Wildman–Crippen LogP) is 1.19. The van der Waals surface area contributed by atoms with Gasteiger partial charge in [-0.2, -0.15) is 0 Å². The Balaban J connectivity index is 1.47. The Bertz CT molecular complexity index is 517. The van der Waals surface area contributed by atoms with Gasteiger partial charge in [0.2, 0.25) is 0 Å². The molecule has 4 rings (SSSR count). The Morgan fingerprint density at radius 3 is 2.65 bits per heavy atom. The molecule has 4 heterocycles. The zero-order valence-electron chi connectivity index (χ0n) is 14.5. The first-order valence-electron chi connectivity index (χ1n) is 8.53. The average Bonchev–Trinajstić information content (AvgIpc) is 3.11. The van der Waals surface area contributed by atoms with Crippen molar-refractivity contribution in [2.24, 2.45) is 4.99 Å². The van der Waals surface area contributed by atoms with Crippen molar-refractivity contribution < 1.29 is 0 Å². The number of fused-ring (bicyclic) bond motifs is 3. The summed E-state index contributed by atoms with van der Waals surface area (Å²) in [6, 6.07) is 4.95. The summed E-state index contributed by atoms with van der Waals surface area (Å²) in [4.78, 5) is 11.0. The standard InChI is InChI=1S/C17H29N5S/c1-17(2,15-5-4-10-23-15)13-20-16(18-3)19-11-14-12-21-6-8-22(14)9-7-21/h4-5,10,14H,6-9,11-13H2,1-3H3,(H2,18,19,20). The van der Waals surface area contributed by atoms with Crippen molar-refractivity contribution in [1.82, 2.24) is 20.4 Å². The molecule has 3 aliphatic rings. The minimum atomic E-state index is 0.116. The first kappa shape index (κ1) is 16.7. The van der Waals surface area contributed by atoms with Crippen LogP contribution in [0, 0.1) is 0 Å². The third-order valence-corrected chi connectivity index (χ3v) is 6.24. The van der Waals surface area contributed by atoms with Crippen LogP contribution in [0.4, 0.5) is 0 Å². The maximum absolute atomic E-state index is 4.38. The van der Waals surface area contributed by atoms with Crippen molar-refractivity contribution in [3.05, 3.63) is 22.4 Å². The highest BCUT2D eigenvalue weighted by molar-refractivity contribution is 7.10. The summed E-state index contributed by atoms with van der Waals surface area (Å²) in [5.41, 5.74) is 0.116. The minimum Gasteiger partial charge on any atom is -0.356 e. The molecule has 0 aliphatic carbocycles. The molecule has 5 nitrogen and oxygen atoms in total. The fraction of sp³-hybridized carbons (Fsp3) is 0.706. The van der Waals surface area contributed by atoms with Gasteiger partial charge in [0.25, 0.3) is 0 Å². The molecule has 3 aliphatic heterocycles. The molecule has 1 aromatic rings. The van der Waals surface area contributed by atoms with Gasteiger partial charge in [-0.15, -0.1) is 11.3 Å². The van der Waals surface area contributed by atoms with Gasteiger partial charge in [0.05, 0.1) is 0 Å². The van der Waals surface area contributed by atoms with Gasteiger partial charge in [0.1, 0.15) is 0 Å². The lowest BCUT2D eigenvalue weighted by Gasteiger charge is -2.47. The smallest absolute Gasteiger partial charge is 0.191 e. The topological polar surface area (TPSA) is 42.9 Å². The maximum atomic E-state index is 4.38. The number of hydrogen-bond acceptors (Lipinski definition) is 4. The van der Waals surface area contributed by atoms with E-state index in [-0.39, 0.29) is 5.41 Å². The molecular weight excluding hydrogens is 306 g/mol. The molecule has 2 bridgehead atoms. The van der Waals surface area contributed by atoms with Crippen molar-refractivity contribution in [1.29, 1.82) is 0 Å². The molecule has 0 aromatic carbocycles. The normalized spacial score (nSPS) is 28.0. The number of nitrogens with zero attached hydrogens (tertiary/aromatic N) is 3. The van der Waals surface area contributed by atoms with E-state index in [4.69, 9.17) is 0 Å². The number of thiophene rings is 1. The highest BCUT2D eigenvalue weighted by atomic mass is 32.1. The van der Waals surface area contributed by atoms with Crippen molar-refractivity contribution in [2.75, 3.05) is 52.9 Å². The van der Waals surface area contributed by atoms with Gasteiger partial charge < -0.3 is 10.6 Å². The van der Waals surface area contributed by atoms with Crippen LogP contribution in [0.1, 0.15) is 18.7 Å². The molecule has 0 amide bonds. The lowest BCUT2D eigenvalue weighted by Crippen LogP contribution is -2.64. The van der Waals surface area contributed by atoms with Crippen LogP contribution in [-0.4, -0.2) is 74.7 Å². The van der Waals surface area contributed by atoms with Crippen LogP contribution in [0.25, 0.3) is 0 Å². The van der Waals surface area contributed by atoms with Gasteiger partial charge in [-0.05, 0) is 11.4 Å². The summed E-state index contributed by atoms with van der Waals surface area (Å²) in [6.07, 6.45) is 0. The lowest BCUT2D eigenvalue weighted by atomic mass is 9.91. The molecule has 23 heavy (non-hydrogen) atoms. The predicted molar refractivity (Wildman–Crippen MR) is 98.5 cm³/mol. The Labute approximate surface area is 143 Å². The molecule has 0 radical (unpaired) electrons. The van der Waals surface area contributed by atoms with Crippen LogP contribution < -0.4 is 10.6 Å². The van der Waals surface area contributed by atoms with Crippen LogP contribution >= 0.6 is 11.3 Å². The summed E-state index contributed by atoms with van der Waals surface area (Å²) in [7, 11) is 1.85. The fourth-order valence-corrected chi connectivity index (χ4v) is 4.26. The zero-order valence-corrected chi connectivity index (χ0v) is 15.3. The molecule has 0 spiro atoms. The van der Waals surface area contributed by atoms with Crippen molar-refractivity contribution in [3.8, 4) is 0 Å².